The van der Waals surface area contributed by atoms with Crippen molar-refractivity contribution >= 4 is 38.7 Å². The maximum atomic E-state index is 13.0. The molecule has 0 spiro atoms. The Morgan fingerprint density at radius 2 is 2.00 bits per heavy atom. The monoisotopic (exact) mass is 480 g/mol. The Balaban J connectivity index is 1.49. The minimum Gasteiger partial charge on any atom is -0.379 e. The molecule has 32 heavy (non-hydrogen) atoms. The van der Waals surface area contributed by atoms with Crippen LogP contribution in [0.15, 0.2) is 28.3 Å². The van der Waals surface area contributed by atoms with Crippen LogP contribution in [0.2, 0.25) is 0 Å². The third-order valence-corrected chi connectivity index (χ3v) is 9.27. The van der Waals surface area contributed by atoms with E-state index in [0.29, 0.717) is 50.0 Å². The number of thioether (sulfide) groups is 1. The summed E-state index contributed by atoms with van der Waals surface area (Å²) in [6, 6.07) is 5.36. The molecule has 0 radical (unpaired) electrons. The smallest absolute Gasteiger partial charge is 0.243 e. The Labute approximate surface area is 194 Å². The normalized spacial score (nSPS) is 22.8. The van der Waals surface area contributed by atoms with Gasteiger partial charge in [-0.15, -0.1) is 0 Å². The first-order valence-electron chi connectivity index (χ1n) is 11.4. The number of amides is 1. The molecule has 2 heterocycles. The van der Waals surface area contributed by atoms with Crippen molar-refractivity contribution in [1.82, 2.24) is 19.2 Å². The molecule has 0 bridgehead atoms. The molecule has 1 saturated carbocycles. The van der Waals surface area contributed by atoms with Crippen LogP contribution in [0, 0.1) is 5.92 Å². The van der Waals surface area contributed by atoms with E-state index in [2.05, 4.69) is 17.2 Å². The van der Waals surface area contributed by atoms with Crippen molar-refractivity contribution in [2.75, 3.05) is 32.1 Å². The molecular weight excluding hydrogens is 448 g/mol. The summed E-state index contributed by atoms with van der Waals surface area (Å²) in [7, 11) is -3.58. The molecule has 2 fully saturated rings. The molecule has 1 aliphatic carbocycles. The number of carbonyl (C=O) groups is 1. The van der Waals surface area contributed by atoms with Gasteiger partial charge < -0.3 is 14.6 Å². The highest BCUT2D eigenvalue weighted by molar-refractivity contribution is 7.99. The first-order valence-corrected chi connectivity index (χ1v) is 13.8. The highest BCUT2D eigenvalue weighted by Crippen LogP contribution is 2.28. The van der Waals surface area contributed by atoms with Crippen LogP contribution in [0.5, 0.6) is 0 Å². The van der Waals surface area contributed by atoms with E-state index in [9.17, 15) is 13.2 Å². The second-order valence-electron chi connectivity index (χ2n) is 8.53. The van der Waals surface area contributed by atoms with Gasteiger partial charge in [-0.2, -0.15) is 4.31 Å². The summed E-state index contributed by atoms with van der Waals surface area (Å²) in [5, 5.41) is 3.92. The van der Waals surface area contributed by atoms with Gasteiger partial charge in [0.05, 0.1) is 34.9 Å². The number of hydrogen-bond acceptors (Lipinski definition) is 6. The molecule has 1 amide bonds. The van der Waals surface area contributed by atoms with Gasteiger partial charge in [0, 0.05) is 25.7 Å². The molecule has 176 valence electrons. The fraction of sp³-hybridized carbons (Fsp3) is 0.636. The van der Waals surface area contributed by atoms with E-state index in [1.165, 1.54) is 35.3 Å². The zero-order valence-corrected chi connectivity index (χ0v) is 20.4. The molecule has 2 atom stereocenters. The molecule has 2 aromatic rings. The van der Waals surface area contributed by atoms with Crippen molar-refractivity contribution in [3.63, 3.8) is 0 Å². The molecule has 4 rings (SSSR count). The number of rotatable bonds is 7. The van der Waals surface area contributed by atoms with Crippen LogP contribution in [-0.2, 0) is 26.1 Å². The minimum absolute atomic E-state index is 0.0269. The van der Waals surface area contributed by atoms with Crippen LogP contribution in [-0.4, -0.2) is 66.3 Å². The van der Waals surface area contributed by atoms with E-state index >= 15 is 0 Å². The van der Waals surface area contributed by atoms with Gasteiger partial charge in [0.1, 0.15) is 0 Å². The Hall–Kier alpha value is -1.62. The lowest BCUT2D eigenvalue weighted by Crippen LogP contribution is -2.41. The standard InChI is InChI=1S/C22H32N4O4S2/c1-3-26-20-9-8-17(32(28,29)25-10-12-30-13-11-25)14-19(20)24-22(26)31-15-21(27)23-18-7-5-4-6-16(18)2/h8-9,14,16,18H,3-7,10-13,15H2,1-2H3,(H,23,27). The van der Waals surface area contributed by atoms with Gasteiger partial charge in [0.25, 0.3) is 0 Å². The molecule has 10 heteroatoms. The van der Waals surface area contributed by atoms with Gasteiger partial charge >= 0.3 is 0 Å². The van der Waals surface area contributed by atoms with E-state index in [1.54, 1.807) is 12.1 Å². The Kier molecular flexibility index (Phi) is 7.44. The highest BCUT2D eigenvalue weighted by atomic mass is 32.2. The number of imidazole rings is 1. The number of nitrogens with zero attached hydrogens (tertiary/aromatic N) is 3. The summed E-state index contributed by atoms with van der Waals surface area (Å²) in [5.74, 6) is 0.842. The third kappa shape index (κ3) is 4.98. The molecule has 8 nitrogen and oxygen atoms in total. The Morgan fingerprint density at radius 1 is 1.25 bits per heavy atom. The van der Waals surface area contributed by atoms with Crippen molar-refractivity contribution in [2.45, 2.75) is 62.2 Å². The zero-order chi connectivity index (χ0) is 22.7. The van der Waals surface area contributed by atoms with E-state index < -0.39 is 10.0 Å². The van der Waals surface area contributed by atoms with Crippen LogP contribution in [0.3, 0.4) is 0 Å². The lowest BCUT2D eigenvalue weighted by atomic mass is 9.86. The molecule has 1 aromatic heterocycles. The van der Waals surface area contributed by atoms with Crippen molar-refractivity contribution in [3.05, 3.63) is 18.2 Å². The summed E-state index contributed by atoms with van der Waals surface area (Å²) < 4.78 is 34.8. The van der Waals surface area contributed by atoms with Crippen molar-refractivity contribution in [2.24, 2.45) is 5.92 Å². The first kappa shape index (κ1) is 23.5. The number of carbonyl (C=O) groups excluding carboxylic acids is 1. The van der Waals surface area contributed by atoms with Crippen LogP contribution in [0.4, 0.5) is 0 Å². The topological polar surface area (TPSA) is 93.5 Å². The zero-order valence-electron chi connectivity index (χ0n) is 18.7. The highest BCUT2D eigenvalue weighted by Gasteiger charge is 2.27. The second kappa shape index (κ2) is 10.1. The predicted molar refractivity (Wildman–Crippen MR) is 125 cm³/mol. The summed E-state index contributed by atoms with van der Waals surface area (Å²) in [4.78, 5) is 17.5. The van der Waals surface area contributed by atoms with Gasteiger partial charge in [-0.25, -0.2) is 13.4 Å². The lowest BCUT2D eigenvalue weighted by molar-refractivity contribution is -0.119. The maximum absolute atomic E-state index is 13.0. The second-order valence-corrected chi connectivity index (χ2v) is 11.4. The lowest BCUT2D eigenvalue weighted by Gasteiger charge is -2.29. The van der Waals surface area contributed by atoms with Crippen molar-refractivity contribution in [3.8, 4) is 0 Å². The number of sulfonamides is 1. The molecule has 2 unspecified atom stereocenters. The van der Waals surface area contributed by atoms with Gasteiger partial charge in [0.2, 0.25) is 15.9 Å². The SMILES string of the molecule is CCn1c(SCC(=O)NC2CCCCC2C)nc2cc(S(=O)(=O)N3CCOCC3)ccc21. The average molecular weight is 481 g/mol. The molecule has 1 saturated heterocycles. The minimum atomic E-state index is -3.58. The van der Waals surface area contributed by atoms with Crippen LogP contribution in [0.25, 0.3) is 11.0 Å². The largest absolute Gasteiger partial charge is 0.379 e. The maximum Gasteiger partial charge on any atom is 0.243 e. The van der Waals surface area contributed by atoms with E-state index in [-0.39, 0.29) is 16.8 Å². The van der Waals surface area contributed by atoms with Gasteiger partial charge in [-0.3, -0.25) is 4.79 Å². The van der Waals surface area contributed by atoms with Gasteiger partial charge in [-0.05, 0) is 43.9 Å². The number of morpholine rings is 1. The molecular formula is C22H32N4O4S2. The molecule has 1 aromatic carbocycles. The molecule has 1 N–H and O–H groups in total. The van der Waals surface area contributed by atoms with Crippen molar-refractivity contribution < 1.29 is 17.9 Å². The summed E-state index contributed by atoms with van der Waals surface area (Å²) in [6.45, 7) is 6.46. The summed E-state index contributed by atoms with van der Waals surface area (Å²) in [6.07, 6.45) is 4.63. The number of nitrogens with one attached hydrogen (secondary N) is 1. The third-order valence-electron chi connectivity index (χ3n) is 6.40. The number of aryl methyl sites for hydroxylation is 1. The quantitative estimate of drug-likeness (QED) is 0.613. The van der Waals surface area contributed by atoms with E-state index in [1.807, 2.05) is 17.6 Å². The van der Waals surface area contributed by atoms with Crippen LogP contribution >= 0.6 is 11.8 Å². The number of hydrogen-bond donors (Lipinski definition) is 1. The predicted octanol–water partition coefficient (Wildman–Crippen LogP) is 2.86. The summed E-state index contributed by atoms with van der Waals surface area (Å²) >= 11 is 1.40. The number of ether oxygens (including phenoxy) is 1. The van der Waals surface area contributed by atoms with E-state index in [4.69, 9.17) is 4.74 Å². The van der Waals surface area contributed by atoms with Crippen LogP contribution < -0.4 is 5.32 Å². The fourth-order valence-corrected chi connectivity index (χ4v) is 6.83. The average Bonchev–Trinajstić information content (AvgIpc) is 3.16. The van der Waals surface area contributed by atoms with Crippen LogP contribution in [0.1, 0.15) is 39.5 Å². The molecule has 2 aliphatic rings. The van der Waals surface area contributed by atoms with E-state index in [0.717, 1.165) is 17.1 Å². The number of benzene rings is 1. The van der Waals surface area contributed by atoms with Crippen molar-refractivity contribution in [1.29, 1.82) is 0 Å². The number of aromatic nitrogens is 2. The summed E-state index contributed by atoms with van der Waals surface area (Å²) in [5.41, 5.74) is 1.50. The number of fused-ring (bicyclic) bond motifs is 1. The Morgan fingerprint density at radius 3 is 2.72 bits per heavy atom. The molecule has 1 aliphatic heterocycles. The first-order chi connectivity index (χ1) is 15.4. The van der Waals surface area contributed by atoms with Gasteiger partial charge in [0.15, 0.2) is 5.16 Å². The van der Waals surface area contributed by atoms with Gasteiger partial charge in [-0.1, -0.05) is 31.5 Å². The Bertz CT molecular complexity index is 1060. The fourth-order valence-electron chi connectivity index (χ4n) is 4.51.